The molecule has 1 atom stereocenters. The molecule has 2 aliphatic heterocycles. The summed E-state index contributed by atoms with van der Waals surface area (Å²) in [5.41, 5.74) is 3.14. The number of hydrogen-bond donors (Lipinski definition) is 2. The average molecular weight is 419 g/mol. The first kappa shape index (κ1) is 19.8. The zero-order valence-corrected chi connectivity index (χ0v) is 17.9. The van der Waals surface area contributed by atoms with Crippen molar-refractivity contribution in [1.29, 1.82) is 0 Å². The van der Waals surface area contributed by atoms with Crippen molar-refractivity contribution < 1.29 is 4.79 Å². The van der Waals surface area contributed by atoms with E-state index in [9.17, 15) is 4.79 Å². The Kier molecular flexibility index (Phi) is 5.74. The van der Waals surface area contributed by atoms with E-state index in [-0.39, 0.29) is 5.78 Å². The molecule has 5 rings (SSSR count). The minimum atomic E-state index is 0.271. The number of aromatic amines is 1. The zero-order valence-electron chi connectivity index (χ0n) is 17.9. The predicted molar refractivity (Wildman–Crippen MR) is 125 cm³/mol. The maximum absolute atomic E-state index is 12.7. The van der Waals surface area contributed by atoms with Crippen LogP contribution in [0.15, 0.2) is 42.9 Å². The van der Waals surface area contributed by atoms with Gasteiger partial charge in [0.25, 0.3) is 0 Å². The molecule has 0 spiro atoms. The SMILES string of the molecule is O=C(CNc1cccc(N2CCCC2)c1)CC1CCCN(c2ncnc3[nH]ccc23)C1. The minimum Gasteiger partial charge on any atom is -0.378 e. The first-order chi connectivity index (χ1) is 15.3. The number of nitrogens with one attached hydrogen (secondary N) is 2. The quantitative estimate of drug-likeness (QED) is 0.607. The number of anilines is 3. The summed E-state index contributed by atoms with van der Waals surface area (Å²) in [4.78, 5) is 29.4. The number of rotatable bonds is 7. The van der Waals surface area contributed by atoms with E-state index < -0.39 is 0 Å². The number of hydrogen-bond acceptors (Lipinski definition) is 6. The van der Waals surface area contributed by atoms with E-state index in [0.29, 0.717) is 18.9 Å². The van der Waals surface area contributed by atoms with Gasteiger partial charge in [-0.05, 0) is 55.9 Å². The summed E-state index contributed by atoms with van der Waals surface area (Å²) in [6.07, 6.45) is 8.82. The van der Waals surface area contributed by atoms with E-state index in [1.165, 1.54) is 18.5 Å². The van der Waals surface area contributed by atoms with Crippen molar-refractivity contribution in [3.05, 3.63) is 42.9 Å². The largest absolute Gasteiger partial charge is 0.378 e. The number of fused-ring (bicyclic) bond motifs is 1. The molecule has 4 heterocycles. The molecule has 0 bridgehead atoms. The first-order valence-electron chi connectivity index (χ1n) is 11.4. The van der Waals surface area contributed by atoms with Gasteiger partial charge in [-0.3, -0.25) is 4.79 Å². The Morgan fingerprint density at radius 1 is 1.10 bits per heavy atom. The van der Waals surface area contributed by atoms with E-state index in [2.05, 4.69) is 48.3 Å². The topological polar surface area (TPSA) is 77.2 Å². The Morgan fingerprint density at radius 3 is 2.87 bits per heavy atom. The van der Waals surface area contributed by atoms with Gasteiger partial charge in [-0.15, -0.1) is 0 Å². The second kappa shape index (κ2) is 8.96. The summed E-state index contributed by atoms with van der Waals surface area (Å²) < 4.78 is 0. The third-order valence-electron chi connectivity index (χ3n) is 6.47. The number of carbonyl (C=O) groups excluding carboxylic acids is 1. The molecule has 1 unspecified atom stereocenters. The molecular formula is C24H30N6O. The van der Waals surface area contributed by atoms with Crippen molar-refractivity contribution >= 4 is 34.0 Å². The van der Waals surface area contributed by atoms with Gasteiger partial charge in [0, 0.05) is 50.2 Å². The van der Waals surface area contributed by atoms with Crippen LogP contribution in [0.2, 0.25) is 0 Å². The number of Topliss-reactive ketones (excluding diaryl/α,β-unsaturated/α-hetero) is 1. The van der Waals surface area contributed by atoms with Gasteiger partial charge in [-0.1, -0.05) is 6.07 Å². The molecule has 0 radical (unpaired) electrons. The second-order valence-electron chi connectivity index (χ2n) is 8.73. The van der Waals surface area contributed by atoms with E-state index in [0.717, 1.165) is 61.6 Å². The van der Waals surface area contributed by atoms with Crippen molar-refractivity contribution in [3.8, 4) is 0 Å². The average Bonchev–Trinajstić information content (AvgIpc) is 3.50. The maximum Gasteiger partial charge on any atom is 0.152 e. The third-order valence-corrected chi connectivity index (χ3v) is 6.47. The molecule has 2 fully saturated rings. The van der Waals surface area contributed by atoms with Crippen molar-refractivity contribution in [2.75, 3.05) is 47.8 Å². The van der Waals surface area contributed by atoms with Crippen molar-refractivity contribution in [3.63, 3.8) is 0 Å². The molecule has 0 amide bonds. The predicted octanol–water partition coefficient (Wildman–Crippen LogP) is 3.85. The molecule has 2 saturated heterocycles. The molecule has 2 N–H and O–H groups in total. The number of ketones is 1. The van der Waals surface area contributed by atoms with Crippen LogP contribution in [0.4, 0.5) is 17.2 Å². The van der Waals surface area contributed by atoms with Crippen molar-refractivity contribution in [2.24, 2.45) is 5.92 Å². The molecular weight excluding hydrogens is 388 g/mol. The molecule has 2 aliphatic rings. The van der Waals surface area contributed by atoms with Crippen LogP contribution in [0.25, 0.3) is 11.0 Å². The number of piperidine rings is 1. The maximum atomic E-state index is 12.7. The van der Waals surface area contributed by atoms with Crippen LogP contribution >= 0.6 is 0 Å². The Hall–Kier alpha value is -3.09. The van der Waals surface area contributed by atoms with E-state index in [4.69, 9.17) is 0 Å². The lowest BCUT2D eigenvalue weighted by Crippen LogP contribution is -2.37. The van der Waals surface area contributed by atoms with Crippen LogP contribution in [0.3, 0.4) is 0 Å². The van der Waals surface area contributed by atoms with E-state index in [1.807, 2.05) is 18.3 Å². The Labute approximate surface area is 182 Å². The highest BCUT2D eigenvalue weighted by atomic mass is 16.1. The number of H-pyrrole nitrogens is 1. The first-order valence-corrected chi connectivity index (χ1v) is 11.4. The van der Waals surface area contributed by atoms with Crippen LogP contribution in [0.5, 0.6) is 0 Å². The highest BCUT2D eigenvalue weighted by Crippen LogP contribution is 2.28. The smallest absolute Gasteiger partial charge is 0.152 e. The summed E-state index contributed by atoms with van der Waals surface area (Å²) in [5.74, 6) is 1.61. The normalized spacial score (nSPS) is 19.2. The summed E-state index contributed by atoms with van der Waals surface area (Å²) >= 11 is 0. The van der Waals surface area contributed by atoms with Gasteiger partial charge in [0.05, 0.1) is 11.9 Å². The number of aromatic nitrogens is 3. The molecule has 162 valence electrons. The molecule has 2 aromatic heterocycles. The van der Waals surface area contributed by atoms with Crippen molar-refractivity contribution in [2.45, 2.75) is 32.1 Å². The highest BCUT2D eigenvalue weighted by Gasteiger charge is 2.24. The van der Waals surface area contributed by atoms with Gasteiger partial charge >= 0.3 is 0 Å². The number of benzene rings is 1. The Bertz CT molecular complexity index is 1040. The highest BCUT2D eigenvalue weighted by molar-refractivity contribution is 5.87. The summed E-state index contributed by atoms with van der Waals surface area (Å²) in [6, 6.07) is 10.5. The fourth-order valence-electron chi connectivity index (χ4n) is 4.92. The monoisotopic (exact) mass is 418 g/mol. The van der Waals surface area contributed by atoms with Gasteiger partial charge in [0.15, 0.2) is 5.78 Å². The zero-order chi connectivity index (χ0) is 21.0. The standard InChI is InChI=1S/C24H30N6O/c31-21(15-26-19-6-3-7-20(14-19)29-10-1-2-11-29)13-18-5-4-12-30(16-18)24-22-8-9-25-23(22)27-17-28-24/h3,6-9,14,17-18,26H,1-2,4-5,10-13,15-16H2,(H,25,27,28). The summed E-state index contributed by atoms with van der Waals surface area (Å²) in [7, 11) is 0. The van der Waals surface area contributed by atoms with Gasteiger partial charge in [-0.2, -0.15) is 0 Å². The lowest BCUT2D eigenvalue weighted by atomic mass is 9.92. The van der Waals surface area contributed by atoms with Crippen LogP contribution in [0.1, 0.15) is 32.1 Å². The molecule has 0 aliphatic carbocycles. The van der Waals surface area contributed by atoms with E-state index in [1.54, 1.807) is 6.33 Å². The van der Waals surface area contributed by atoms with Gasteiger partial charge in [-0.25, -0.2) is 9.97 Å². The fraction of sp³-hybridized carbons (Fsp3) is 0.458. The lowest BCUT2D eigenvalue weighted by Gasteiger charge is -2.33. The molecule has 7 heteroatoms. The number of nitrogens with zero attached hydrogens (tertiary/aromatic N) is 4. The van der Waals surface area contributed by atoms with Gasteiger partial charge in [0.2, 0.25) is 0 Å². The van der Waals surface area contributed by atoms with Gasteiger partial charge < -0.3 is 20.1 Å². The summed E-state index contributed by atoms with van der Waals surface area (Å²) in [5, 5.41) is 4.40. The lowest BCUT2D eigenvalue weighted by molar-refractivity contribution is -0.118. The molecule has 31 heavy (non-hydrogen) atoms. The van der Waals surface area contributed by atoms with Gasteiger partial charge in [0.1, 0.15) is 17.8 Å². The Balaban J connectivity index is 1.16. The number of carbonyl (C=O) groups is 1. The van der Waals surface area contributed by atoms with Crippen LogP contribution in [-0.2, 0) is 4.79 Å². The van der Waals surface area contributed by atoms with E-state index >= 15 is 0 Å². The second-order valence-corrected chi connectivity index (χ2v) is 8.73. The fourth-order valence-corrected chi connectivity index (χ4v) is 4.92. The minimum absolute atomic E-state index is 0.271. The third kappa shape index (κ3) is 4.50. The molecule has 1 aromatic carbocycles. The van der Waals surface area contributed by atoms with Crippen molar-refractivity contribution in [1.82, 2.24) is 15.0 Å². The van der Waals surface area contributed by atoms with Crippen LogP contribution < -0.4 is 15.1 Å². The van der Waals surface area contributed by atoms with Crippen LogP contribution in [-0.4, -0.2) is 53.5 Å². The van der Waals surface area contributed by atoms with Crippen LogP contribution in [0, 0.1) is 5.92 Å². The molecule has 7 nitrogen and oxygen atoms in total. The summed E-state index contributed by atoms with van der Waals surface area (Å²) in [6.45, 7) is 4.48. The Morgan fingerprint density at radius 2 is 1.97 bits per heavy atom. The molecule has 3 aromatic rings. The molecule has 0 saturated carbocycles.